The van der Waals surface area contributed by atoms with Gasteiger partial charge in [0.15, 0.2) is 5.82 Å². The van der Waals surface area contributed by atoms with Crippen LogP contribution in [0.3, 0.4) is 0 Å². The second-order valence-corrected chi connectivity index (χ2v) is 6.83. The molecule has 1 aliphatic heterocycles. The van der Waals surface area contributed by atoms with E-state index in [1.807, 2.05) is 13.0 Å². The highest BCUT2D eigenvalue weighted by Gasteiger charge is 2.48. The van der Waals surface area contributed by atoms with E-state index in [2.05, 4.69) is 5.16 Å². The fourth-order valence-corrected chi connectivity index (χ4v) is 3.52. The third kappa shape index (κ3) is 3.34. The number of benzene rings is 2. The first-order chi connectivity index (χ1) is 14.5. The van der Waals surface area contributed by atoms with Crippen molar-refractivity contribution in [3.63, 3.8) is 0 Å². The average Bonchev–Trinajstić information content (AvgIpc) is 3.30. The van der Waals surface area contributed by atoms with Crippen LogP contribution >= 0.6 is 0 Å². The Kier molecular flexibility index (Phi) is 5.10. The zero-order chi connectivity index (χ0) is 21.3. The number of amides is 1. The molecule has 3 aromatic rings. The Morgan fingerprint density at radius 3 is 2.43 bits per heavy atom. The Morgan fingerprint density at radius 1 is 1.13 bits per heavy atom. The summed E-state index contributed by atoms with van der Waals surface area (Å²) < 4.78 is 10.5. The summed E-state index contributed by atoms with van der Waals surface area (Å²) in [6, 6.07) is 16.5. The number of ether oxygens (including phenoxy) is 1. The summed E-state index contributed by atoms with van der Waals surface area (Å²) in [4.78, 5) is 27.1. The lowest BCUT2D eigenvalue weighted by atomic mass is 9.95. The van der Waals surface area contributed by atoms with Gasteiger partial charge in [-0.25, -0.2) is 0 Å². The third-order valence-corrected chi connectivity index (χ3v) is 4.86. The van der Waals surface area contributed by atoms with E-state index in [1.54, 1.807) is 61.5 Å². The lowest BCUT2D eigenvalue weighted by Crippen LogP contribution is -2.29. The maximum absolute atomic E-state index is 13.0. The molecule has 0 spiro atoms. The topological polar surface area (TPSA) is 92.9 Å². The summed E-state index contributed by atoms with van der Waals surface area (Å²) in [6.07, 6.45) is 0. The van der Waals surface area contributed by atoms with Crippen molar-refractivity contribution in [3.05, 3.63) is 83.1 Å². The van der Waals surface area contributed by atoms with Gasteiger partial charge in [0.25, 0.3) is 5.78 Å². The minimum atomic E-state index is -0.831. The number of ketones is 1. The molecule has 0 aliphatic carbocycles. The Balaban J connectivity index is 1.87. The fraction of sp³-hybridized carbons (Fsp3) is 0.174. The Hall–Kier alpha value is -3.87. The van der Waals surface area contributed by atoms with Gasteiger partial charge >= 0.3 is 5.91 Å². The summed E-state index contributed by atoms with van der Waals surface area (Å²) in [5.41, 5.74) is 1.08. The van der Waals surface area contributed by atoms with Gasteiger partial charge in [0.1, 0.15) is 17.3 Å². The van der Waals surface area contributed by atoms with Crippen molar-refractivity contribution in [3.8, 4) is 5.75 Å². The molecule has 152 valence electrons. The van der Waals surface area contributed by atoms with E-state index < -0.39 is 17.7 Å². The van der Waals surface area contributed by atoms with Crippen LogP contribution in [0.25, 0.3) is 5.76 Å². The second kappa shape index (κ2) is 7.87. The molecule has 7 heteroatoms. The summed E-state index contributed by atoms with van der Waals surface area (Å²) in [6.45, 7) is 4.09. The Labute approximate surface area is 173 Å². The number of aromatic nitrogens is 1. The first-order valence-corrected chi connectivity index (χ1v) is 9.53. The van der Waals surface area contributed by atoms with E-state index in [1.165, 1.54) is 4.90 Å². The second-order valence-electron chi connectivity index (χ2n) is 6.83. The number of aliphatic hydroxyl groups excluding tert-OH is 1. The summed E-state index contributed by atoms with van der Waals surface area (Å²) in [5.74, 6) is -0.444. The molecule has 2 aromatic carbocycles. The number of carbonyl (C=O) groups is 2. The summed E-state index contributed by atoms with van der Waals surface area (Å²) in [7, 11) is 0. The monoisotopic (exact) mass is 404 g/mol. The van der Waals surface area contributed by atoms with Crippen LogP contribution in [0, 0.1) is 6.92 Å². The van der Waals surface area contributed by atoms with Gasteiger partial charge in [-0.05, 0) is 43.7 Å². The maximum atomic E-state index is 13.0. The molecule has 0 radical (unpaired) electrons. The van der Waals surface area contributed by atoms with Crippen LogP contribution in [0.1, 0.15) is 29.9 Å². The van der Waals surface area contributed by atoms with Crippen molar-refractivity contribution >= 4 is 23.3 Å². The van der Waals surface area contributed by atoms with Crippen molar-refractivity contribution in [2.75, 3.05) is 11.5 Å². The normalized spacial score (nSPS) is 18.1. The highest BCUT2D eigenvalue weighted by molar-refractivity contribution is 6.51. The molecule has 1 N–H and O–H groups in total. The van der Waals surface area contributed by atoms with E-state index in [0.29, 0.717) is 29.2 Å². The smallest absolute Gasteiger partial charge is 0.301 e. The van der Waals surface area contributed by atoms with Crippen molar-refractivity contribution in [1.29, 1.82) is 0 Å². The van der Waals surface area contributed by atoms with Gasteiger partial charge in [-0.15, -0.1) is 0 Å². The van der Waals surface area contributed by atoms with Crippen LogP contribution in [0.2, 0.25) is 0 Å². The van der Waals surface area contributed by atoms with Gasteiger partial charge < -0.3 is 14.4 Å². The van der Waals surface area contributed by atoms with Crippen molar-refractivity contribution in [2.45, 2.75) is 19.9 Å². The highest BCUT2D eigenvalue weighted by atomic mass is 16.5. The molecule has 0 saturated carbocycles. The summed E-state index contributed by atoms with van der Waals surface area (Å²) in [5, 5.41) is 14.9. The minimum absolute atomic E-state index is 0.00369. The number of aliphatic hydroxyl groups is 1. The van der Waals surface area contributed by atoms with Crippen LogP contribution in [0.5, 0.6) is 5.75 Å². The van der Waals surface area contributed by atoms with Gasteiger partial charge in [0, 0.05) is 11.6 Å². The van der Waals surface area contributed by atoms with Crippen molar-refractivity contribution in [2.24, 2.45) is 0 Å². The van der Waals surface area contributed by atoms with Crippen LogP contribution < -0.4 is 9.64 Å². The molecule has 1 amide bonds. The zero-order valence-corrected chi connectivity index (χ0v) is 16.5. The predicted molar refractivity (Wildman–Crippen MR) is 110 cm³/mol. The first-order valence-electron chi connectivity index (χ1n) is 9.53. The molecule has 1 atom stereocenters. The van der Waals surface area contributed by atoms with Crippen LogP contribution in [0.4, 0.5) is 5.82 Å². The third-order valence-electron chi connectivity index (χ3n) is 4.86. The van der Waals surface area contributed by atoms with Crippen LogP contribution in [-0.2, 0) is 9.59 Å². The van der Waals surface area contributed by atoms with E-state index in [4.69, 9.17) is 9.26 Å². The number of carbonyl (C=O) groups excluding carboxylic acids is 2. The molecule has 4 rings (SSSR count). The molecular formula is C23H20N2O5. The quantitative estimate of drug-likeness (QED) is 0.392. The number of Topliss-reactive ketones (excluding diaryl/α,β-unsaturated/α-hetero) is 1. The Morgan fingerprint density at radius 2 is 1.83 bits per heavy atom. The highest BCUT2D eigenvalue weighted by Crippen LogP contribution is 2.41. The number of hydrogen-bond donors (Lipinski definition) is 1. The number of anilines is 1. The molecule has 30 heavy (non-hydrogen) atoms. The maximum Gasteiger partial charge on any atom is 0.301 e. The largest absolute Gasteiger partial charge is 0.507 e. The minimum Gasteiger partial charge on any atom is -0.507 e. The number of nitrogens with zero attached hydrogens (tertiary/aromatic N) is 2. The first kappa shape index (κ1) is 19.4. The molecule has 1 aliphatic rings. The number of aryl methyl sites for hydroxylation is 1. The molecule has 7 nitrogen and oxygen atoms in total. The van der Waals surface area contributed by atoms with Crippen LogP contribution in [-0.4, -0.2) is 28.6 Å². The fourth-order valence-electron chi connectivity index (χ4n) is 3.52. The van der Waals surface area contributed by atoms with Crippen molar-refractivity contribution in [1.82, 2.24) is 5.16 Å². The number of rotatable bonds is 5. The summed E-state index contributed by atoms with van der Waals surface area (Å²) >= 11 is 0. The number of hydrogen-bond acceptors (Lipinski definition) is 6. The molecule has 1 fully saturated rings. The van der Waals surface area contributed by atoms with Gasteiger partial charge in [-0.2, -0.15) is 0 Å². The predicted octanol–water partition coefficient (Wildman–Crippen LogP) is 4.01. The van der Waals surface area contributed by atoms with Gasteiger partial charge in [0.05, 0.1) is 18.2 Å². The average molecular weight is 404 g/mol. The molecule has 1 aromatic heterocycles. The van der Waals surface area contributed by atoms with Crippen molar-refractivity contribution < 1.29 is 24.0 Å². The van der Waals surface area contributed by atoms with Crippen LogP contribution in [0.15, 0.2) is 70.8 Å². The lowest BCUT2D eigenvalue weighted by molar-refractivity contribution is -0.132. The standard InChI is InChI=1S/C23H20N2O5/c1-3-29-17-11-9-16(10-12-17)21(26)19-20(15-7-5-4-6-8-15)25(23(28)22(19)27)18-13-14(2)30-24-18/h4-13,20,26H,3H2,1-2H3/b21-19-. The Bertz CT molecular complexity index is 1120. The molecular weight excluding hydrogens is 384 g/mol. The van der Waals surface area contributed by atoms with Gasteiger partial charge in [0.2, 0.25) is 0 Å². The van der Waals surface area contributed by atoms with E-state index in [9.17, 15) is 14.7 Å². The molecule has 1 saturated heterocycles. The molecule has 1 unspecified atom stereocenters. The van der Waals surface area contributed by atoms with E-state index in [-0.39, 0.29) is 17.2 Å². The van der Waals surface area contributed by atoms with E-state index in [0.717, 1.165) is 0 Å². The van der Waals surface area contributed by atoms with E-state index >= 15 is 0 Å². The SMILES string of the molecule is CCOc1ccc(/C(O)=C2/C(=O)C(=O)N(c3cc(C)on3)C2c2ccccc2)cc1. The van der Waals surface area contributed by atoms with Gasteiger partial charge in [-0.3, -0.25) is 14.5 Å². The van der Waals surface area contributed by atoms with Gasteiger partial charge in [-0.1, -0.05) is 35.5 Å². The molecule has 2 heterocycles. The lowest BCUT2D eigenvalue weighted by Gasteiger charge is -2.22. The zero-order valence-electron chi connectivity index (χ0n) is 16.5. The molecule has 0 bridgehead atoms.